The molecule has 0 radical (unpaired) electrons. The maximum absolute atomic E-state index is 12.7. The molecule has 1 saturated heterocycles. The average Bonchev–Trinajstić information content (AvgIpc) is 2.88. The van der Waals surface area contributed by atoms with E-state index in [1.54, 1.807) is 6.26 Å². The molecule has 0 unspecified atom stereocenters. The van der Waals surface area contributed by atoms with E-state index in [-0.39, 0.29) is 5.91 Å². The van der Waals surface area contributed by atoms with Crippen LogP contribution >= 0.6 is 0 Å². The Bertz CT molecular complexity index is 705. The topological polar surface area (TPSA) is 36.7 Å². The second-order valence-electron chi connectivity index (χ2n) is 6.35. The molecular formula is C19H24N2O2. The zero-order valence-corrected chi connectivity index (χ0v) is 14.3. The summed E-state index contributed by atoms with van der Waals surface area (Å²) >= 11 is 0. The first-order chi connectivity index (χ1) is 11.0. The van der Waals surface area contributed by atoms with Crippen molar-refractivity contribution in [2.24, 2.45) is 0 Å². The van der Waals surface area contributed by atoms with E-state index in [2.05, 4.69) is 36.9 Å². The van der Waals surface area contributed by atoms with Gasteiger partial charge in [-0.2, -0.15) is 0 Å². The van der Waals surface area contributed by atoms with Crippen molar-refractivity contribution in [3.05, 3.63) is 52.5 Å². The normalized spacial score (nSPS) is 15.1. The minimum Gasteiger partial charge on any atom is -0.469 e. The van der Waals surface area contributed by atoms with Crippen molar-refractivity contribution in [1.29, 1.82) is 0 Å². The maximum atomic E-state index is 12.7. The summed E-state index contributed by atoms with van der Waals surface area (Å²) in [5.74, 6) is 0.804. The van der Waals surface area contributed by atoms with E-state index < -0.39 is 0 Å². The quantitative estimate of drug-likeness (QED) is 0.852. The fourth-order valence-electron chi connectivity index (χ4n) is 3.28. The third-order valence-corrected chi connectivity index (χ3v) is 4.86. The van der Waals surface area contributed by atoms with E-state index >= 15 is 0 Å². The van der Waals surface area contributed by atoms with Gasteiger partial charge in [-0.1, -0.05) is 12.1 Å². The number of carbonyl (C=O) groups is 1. The molecule has 1 aromatic heterocycles. The number of rotatable bonds is 2. The fraction of sp³-hybridized carbons (Fsp3) is 0.421. The van der Waals surface area contributed by atoms with Crippen LogP contribution in [-0.2, 0) is 0 Å². The molecule has 1 aromatic carbocycles. The van der Waals surface area contributed by atoms with E-state index in [4.69, 9.17) is 4.42 Å². The van der Waals surface area contributed by atoms with Gasteiger partial charge in [0.25, 0.3) is 5.91 Å². The van der Waals surface area contributed by atoms with Crippen molar-refractivity contribution in [2.75, 3.05) is 31.1 Å². The number of benzene rings is 1. The molecule has 2 aromatic rings. The Morgan fingerprint density at radius 2 is 1.70 bits per heavy atom. The molecule has 1 aliphatic rings. The summed E-state index contributed by atoms with van der Waals surface area (Å²) in [5, 5.41) is 0. The lowest BCUT2D eigenvalue weighted by Crippen LogP contribution is -2.49. The van der Waals surface area contributed by atoms with Crippen LogP contribution in [0.4, 0.5) is 5.69 Å². The van der Waals surface area contributed by atoms with Crippen molar-refractivity contribution in [1.82, 2.24) is 4.90 Å². The number of hydrogen-bond acceptors (Lipinski definition) is 3. The smallest absolute Gasteiger partial charge is 0.257 e. The number of furan rings is 1. The number of anilines is 1. The second-order valence-corrected chi connectivity index (χ2v) is 6.35. The van der Waals surface area contributed by atoms with Crippen LogP contribution in [0.15, 0.2) is 28.9 Å². The molecule has 0 spiro atoms. The van der Waals surface area contributed by atoms with Gasteiger partial charge in [0, 0.05) is 37.4 Å². The Morgan fingerprint density at radius 1 is 1.00 bits per heavy atom. The van der Waals surface area contributed by atoms with Gasteiger partial charge in [-0.15, -0.1) is 0 Å². The summed E-state index contributed by atoms with van der Waals surface area (Å²) < 4.78 is 5.37. The van der Waals surface area contributed by atoms with E-state index in [0.29, 0.717) is 5.76 Å². The van der Waals surface area contributed by atoms with Crippen molar-refractivity contribution in [2.45, 2.75) is 27.7 Å². The SMILES string of the molecule is Cc1cccc(N2CCN(C(=O)c3c(C)coc3C)CC2)c1C. The van der Waals surface area contributed by atoms with Crippen LogP contribution in [0.5, 0.6) is 0 Å². The molecule has 1 fully saturated rings. The number of nitrogens with zero attached hydrogens (tertiary/aromatic N) is 2. The van der Waals surface area contributed by atoms with Crippen molar-refractivity contribution in [3.8, 4) is 0 Å². The highest BCUT2D eigenvalue weighted by Gasteiger charge is 2.26. The molecule has 0 N–H and O–H groups in total. The summed E-state index contributed by atoms with van der Waals surface area (Å²) in [6.45, 7) is 11.3. The van der Waals surface area contributed by atoms with Crippen LogP contribution in [0, 0.1) is 27.7 Å². The van der Waals surface area contributed by atoms with Gasteiger partial charge in [0.05, 0.1) is 11.8 Å². The molecule has 0 bridgehead atoms. The van der Waals surface area contributed by atoms with Gasteiger partial charge in [0.2, 0.25) is 0 Å². The third-order valence-electron chi connectivity index (χ3n) is 4.86. The number of piperazine rings is 1. The predicted molar refractivity (Wildman–Crippen MR) is 92.2 cm³/mol. The highest BCUT2D eigenvalue weighted by Crippen LogP contribution is 2.25. The minimum atomic E-state index is 0.0920. The first-order valence-electron chi connectivity index (χ1n) is 8.14. The zero-order chi connectivity index (χ0) is 16.6. The molecule has 23 heavy (non-hydrogen) atoms. The molecule has 122 valence electrons. The molecule has 0 atom stereocenters. The largest absolute Gasteiger partial charge is 0.469 e. The standard InChI is InChI=1S/C19H24N2O2/c1-13-6-5-7-17(15(13)3)20-8-10-21(11-9-20)19(22)18-14(2)12-23-16(18)4/h5-7,12H,8-11H2,1-4H3. The second kappa shape index (κ2) is 6.11. The number of hydrogen-bond donors (Lipinski definition) is 0. The molecule has 3 rings (SSSR count). The summed E-state index contributed by atoms with van der Waals surface area (Å²) in [6.07, 6.45) is 1.66. The van der Waals surface area contributed by atoms with Gasteiger partial charge in [-0.05, 0) is 44.9 Å². The Kier molecular flexibility index (Phi) is 4.16. The van der Waals surface area contributed by atoms with Gasteiger partial charge in [-0.25, -0.2) is 0 Å². The van der Waals surface area contributed by atoms with Crippen LogP contribution in [0.2, 0.25) is 0 Å². The molecule has 1 amide bonds. The maximum Gasteiger partial charge on any atom is 0.257 e. The lowest BCUT2D eigenvalue weighted by atomic mass is 10.1. The van der Waals surface area contributed by atoms with E-state index in [1.165, 1.54) is 16.8 Å². The molecular weight excluding hydrogens is 288 g/mol. The summed E-state index contributed by atoms with van der Waals surface area (Å²) in [7, 11) is 0. The first-order valence-corrected chi connectivity index (χ1v) is 8.14. The van der Waals surface area contributed by atoms with Crippen LogP contribution < -0.4 is 4.90 Å². The van der Waals surface area contributed by atoms with Crippen LogP contribution in [-0.4, -0.2) is 37.0 Å². The Hall–Kier alpha value is -2.23. The predicted octanol–water partition coefficient (Wildman–Crippen LogP) is 3.48. The van der Waals surface area contributed by atoms with Gasteiger partial charge in [0.15, 0.2) is 0 Å². The molecule has 2 heterocycles. The van der Waals surface area contributed by atoms with Gasteiger partial charge < -0.3 is 14.2 Å². The molecule has 1 aliphatic heterocycles. The Labute approximate surface area is 137 Å². The highest BCUT2D eigenvalue weighted by molar-refractivity contribution is 5.96. The molecule has 0 aliphatic carbocycles. The molecule has 4 heteroatoms. The van der Waals surface area contributed by atoms with Crippen molar-refractivity contribution in [3.63, 3.8) is 0 Å². The Morgan fingerprint density at radius 3 is 2.30 bits per heavy atom. The lowest BCUT2D eigenvalue weighted by Gasteiger charge is -2.37. The summed E-state index contributed by atoms with van der Waals surface area (Å²) in [4.78, 5) is 17.0. The van der Waals surface area contributed by atoms with E-state index in [9.17, 15) is 4.79 Å². The Balaban J connectivity index is 1.71. The zero-order valence-electron chi connectivity index (χ0n) is 14.3. The van der Waals surface area contributed by atoms with Gasteiger partial charge in [0.1, 0.15) is 5.76 Å². The fourth-order valence-corrected chi connectivity index (χ4v) is 3.28. The summed E-state index contributed by atoms with van der Waals surface area (Å²) in [5.41, 5.74) is 5.57. The number of aryl methyl sites for hydroxylation is 3. The van der Waals surface area contributed by atoms with Crippen LogP contribution in [0.1, 0.15) is 32.8 Å². The summed E-state index contributed by atoms with van der Waals surface area (Å²) in [6, 6.07) is 6.42. The number of amides is 1. The minimum absolute atomic E-state index is 0.0920. The number of carbonyl (C=O) groups excluding carboxylic acids is 1. The van der Waals surface area contributed by atoms with Crippen LogP contribution in [0.25, 0.3) is 0 Å². The molecule has 0 saturated carbocycles. The third kappa shape index (κ3) is 2.85. The van der Waals surface area contributed by atoms with Gasteiger partial charge in [-0.3, -0.25) is 4.79 Å². The van der Waals surface area contributed by atoms with Crippen molar-refractivity contribution >= 4 is 11.6 Å². The van der Waals surface area contributed by atoms with E-state index in [1.807, 2.05) is 18.7 Å². The van der Waals surface area contributed by atoms with E-state index in [0.717, 1.165) is 37.3 Å². The monoisotopic (exact) mass is 312 g/mol. The van der Waals surface area contributed by atoms with Gasteiger partial charge >= 0.3 is 0 Å². The van der Waals surface area contributed by atoms with Crippen molar-refractivity contribution < 1.29 is 9.21 Å². The average molecular weight is 312 g/mol. The lowest BCUT2D eigenvalue weighted by molar-refractivity contribution is 0.0744. The highest BCUT2D eigenvalue weighted by atomic mass is 16.3. The van der Waals surface area contributed by atoms with Crippen LogP contribution in [0.3, 0.4) is 0 Å². The molecule has 4 nitrogen and oxygen atoms in total. The first kappa shape index (κ1) is 15.7.